The van der Waals surface area contributed by atoms with Crippen LogP contribution in [0.4, 0.5) is 8.78 Å². The van der Waals surface area contributed by atoms with Crippen LogP contribution >= 0.6 is 0 Å². The van der Waals surface area contributed by atoms with Crippen molar-refractivity contribution in [3.63, 3.8) is 0 Å². The average Bonchev–Trinajstić information content (AvgIpc) is 2.26. The van der Waals surface area contributed by atoms with Gasteiger partial charge in [-0.1, -0.05) is 27.7 Å². The second-order valence-electron chi connectivity index (χ2n) is 5.76. The summed E-state index contributed by atoms with van der Waals surface area (Å²) in [4.78, 5) is 25.3. The van der Waals surface area contributed by atoms with Crippen LogP contribution in [0.1, 0.15) is 34.1 Å². The van der Waals surface area contributed by atoms with Gasteiger partial charge >= 0.3 is 0 Å². The van der Waals surface area contributed by atoms with E-state index in [0.29, 0.717) is 6.42 Å². The van der Waals surface area contributed by atoms with Crippen molar-refractivity contribution in [1.29, 1.82) is 0 Å². The second-order valence-corrected chi connectivity index (χ2v) is 5.76. The van der Waals surface area contributed by atoms with E-state index in [0.717, 1.165) is 4.90 Å². The van der Waals surface area contributed by atoms with Crippen molar-refractivity contribution in [3.05, 3.63) is 0 Å². The number of halogens is 2. The lowest BCUT2D eigenvalue weighted by molar-refractivity contribution is -0.153. The number of carbonyl (C=O) groups excluding carboxylic acids is 2. The van der Waals surface area contributed by atoms with E-state index < -0.39 is 31.0 Å². The smallest absolute Gasteiger partial charge is 0.255 e. The maximum atomic E-state index is 12.6. The number of nitrogens with one attached hydrogen (secondary N) is 1. The third-order valence-corrected chi connectivity index (χ3v) is 3.22. The molecule has 1 fully saturated rings. The minimum Gasteiger partial charge on any atom is -0.342 e. The third kappa shape index (κ3) is 3.88. The van der Waals surface area contributed by atoms with E-state index in [-0.39, 0.29) is 17.7 Å². The first kappa shape index (κ1) is 15.9. The molecule has 1 rings (SSSR count). The third-order valence-electron chi connectivity index (χ3n) is 3.22. The predicted molar refractivity (Wildman–Crippen MR) is 67.7 cm³/mol. The Morgan fingerprint density at radius 2 is 1.79 bits per heavy atom. The highest BCUT2D eigenvalue weighted by Crippen LogP contribution is 2.21. The van der Waals surface area contributed by atoms with E-state index in [9.17, 15) is 18.4 Å². The van der Waals surface area contributed by atoms with Crippen LogP contribution in [0.3, 0.4) is 0 Å². The molecule has 4 nitrogen and oxygen atoms in total. The van der Waals surface area contributed by atoms with Gasteiger partial charge in [-0.05, 0) is 18.3 Å². The zero-order valence-electron chi connectivity index (χ0n) is 11.8. The Morgan fingerprint density at radius 3 is 2.21 bits per heavy atom. The number of hydrogen-bond acceptors (Lipinski definition) is 2. The van der Waals surface area contributed by atoms with Crippen molar-refractivity contribution in [3.8, 4) is 0 Å². The van der Waals surface area contributed by atoms with Gasteiger partial charge in [0.15, 0.2) is 0 Å². The normalized spacial score (nSPS) is 24.6. The molecule has 0 saturated carbocycles. The molecule has 0 aromatic rings. The lowest BCUT2D eigenvalue weighted by Crippen LogP contribution is -2.65. The Labute approximate surface area is 112 Å². The zero-order valence-corrected chi connectivity index (χ0v) is 11.8. The van der Waals surface area contributed by atoms with Gasteiger partial charge in [0.25, 0.3) is 6.43 Å². The SMILES string of the molecule is CC(C)CC1C(=O)NC(C(C)C)C(=O)N1CC(F)F. The number of amides is 2. The Balaban J connectivity index is 2.96. The van der Waals surface area contributed by atoms with Gasteiger partial charge in [0, 0.05) is 0 Å². The van der Waals surface area contributed by atoms with Crippen LogP contribution in [-0.4, -0.2) is 41.8 Å². The standard InChI is InChI=1S/C13H22F2N2O2/c1-7(2)5-9-12(18)16-11(8(3)4)13(19)17(9)6-10(14)15/h7-11H,5-6H2,1-4H3,(H,16,18). The van der Waals surface area contributed by atoms with E-state index in [2.05, 4.69) is 5.32 Å². The van der Waals surface area contributed by atoms with Gasteiger partial charge in [-0.15, -0.1) is 0 Å². The number of nitrogens with zero attached hydrogens (tertiary/aromatic N) is 1. The molecule has 1 aliphatic rings. The summed E-state index contributed by atoms with van der Waals surface area (Å²) < 4.78 is 25.3. The summed E-state index contributed by atoms with van der Waals surface area (Å²) in [6.45, 7) is 6.69. The molecule has 19 heavy (non-hydrogen) atoms. The first-order chi connectivity index (χ1) is 8.73. The minimum atomic E-state index is -2.63. The molecule has 1 N–H and O–H groups in total. The van der Waals surface area contributed by atoms with Crippen LogP contribution < -0.4 is 5.32 Å². The van der Waals surface area contributed by atoms with Crippen molar-refractivity contribution in [2.45, 2.75) is 52.6 Å². The Morgan fingerprint density at radius 1 is 1.21 bits per heavy atom. The summed E-state index contributed by atoms with van der Waals surface area (Å²) in [6.07, 6.45) is -2.23. The number of rotatable bonds is 5. The maximum absolute atomic E-state index is 12.6. The Bertz CT molecular complexity index is 346. The highest BCUT2D eigenvalue weighted by Gasteiger charge is 2.42. The molecular weight excluding hydrogens is 254 g/mol. The molecule has 2 unspecified atom stereocenters. The van der Waals surface area contributed by atoms with Gasteiger partial charge in [0.2, 0.25) is 11.8 Å². The molecule has 1 saturated heterocycles. The maximum Gasteiger partial charge on any atom is 0.255 e. The van der Waals surface area contributed by atoms with Crippen LogP contribution in [0.5, 0.6) is 0 Å². The number of carbonyl (C=O) groups is 2. The number of alkyl halides is 2. The van der Waals surface area contributed by atoms with Crippen molar-refractivity contribution < 1.29 is 18.4 Å². The van der Waals surface area contributed by atoms with E-state index in [4.69, 9.17) is 0 Å². The summed E-state index contributed by atoms with van der Waals surface area (Å²) in [5, 5.41) is 2.65. The molecule has 6 heteroatoms. The average molecular weight is 276 g/mol. The van der Waals surface area contributed by atoms with Crippen LogP contribution in [0.15, 0.2) is 0 Å². The predicted octanol–water partition coefficient (Wildman–Crippen LogP) is 1.65. The van der Waals surface area contributed by atoms with Crippen molar-refractivity contribution in [1.82, 2.24) is 10.2 Å². The monoisotopic (exact) mass is 276 g/mol. The quantitative estimate of drug-likeness (QED) is 0.830. The van der Waals surface area contributed by atoms with Crippen molar-refractivity contribution >= 4 is 11.8 Å². The summed E-state index contributed by atoms with van der Waals surface area (Å²) >= 11 is 0. The van der Waals surface area contributed by atoms with E-state index in [1.165, 1.54) is 0 Å². The molecule has 0 aromatic heterocycles. The largest absolute Gasteiger partial charge is 0.342 e. The lowest BCUT2D eigenvalue weighted by Gasteiger charge is -2.40. The van der Waals surface area contributed by atoms with Gasteiger partial charge in [-0.25, -0.2) is 8.78 Å². The van der Waals surface area contributed by atoms with Gasteiger partial charge in [-0.2, -0.15) is 0 Å². The van der Waals surface area contributed by atoms with Gasteiger partial charge < -0.3 is 10.2 Å². The van der Waals surface area contributed by atoms with E-state index >= 15 is 0 Å². The fraction of sp³-hybridized carbons (Fsp3) is 0.846. The molecule has 0 radical (unpaired) electrons. The molecule has 0 bridgehead atoms. The van der Waals surface area contributed by atoms with Gasteiger partial charge in [-0.3, -0.25) is 9.59 Å². The van der Waals surface area contributed by atoms with Crippen molar-refractivity contribution in [2.24, 2.45) is 11.8 Å². The molecule has 2 amide bonds. The van der Waals surface area contributed by atoms with Gasteiger partial charge in [0.1, 0.15) is 12.1 Å². The minimum absolute atomic E-state index is 0.114. The fourth-order valence-corrected chi connectivity index (χ4v) is 2.28. The summed E-state index contributed by atoms with van der Waals surface area (Å²) in [7, 11) is 0. The molecule has 1 aliphatic heterocycles. The van der Waals surface area contributed by atoms with Crippen molar-refractivity contribution in [2.75, 3.05) is 6.54 Å². The molecule has 1 heterocycles. The zero-order chi connectivity index (χ0) is 14.7. The number of piperazine rings is 1. The molecule has 2 atom stereocenters. The molecule has 110 valence electrons. The van der Waals surface area contributed by atoms with Crippen LogP contribution in [0, 0.1) is 11.8 Å². The lowest BCUT2D eigenvalue weighted by atomic mass is 9.94. The van der Waals surface area contributed by atoms with Crippen LogP contribution in [0.25, 0.3) is 0 Å². The fourth-order valence-electron chi connectivity index (χ4n) is 2.28. The van der Waals surface area contributed by atoms with Crippen LogP contribution in [-0.2, 0) is 9.59 Å². The summed E-state index contributed by atoms with van der Waals surface area (Å²) in [6, 6.07) is -1.48. The summed E-state index contributed by atoms with van der Waals surface area (Å²) in [5.41, 5.74) is 0. The van der Waals surface area contributed by atoms with Gasteiger partial charge in [0.05, 0.1) is 6.54 Å². The van der Waals surface area contributed by atoms with E-state index in [1.54, 1.807) is 13.8 Å². The second kappa shape index (κ2) is 6.30. The topological polar surface area (TPSA) is 49.4 Å². The molecule has 0 aromatic carbocycles. The Kier molecular flexibility index (Phi) is 5.26. The molecule has 0 aliphatic carbocycles. The number of hydrogen-bond donors (Lipinski definition) is 1. The first-order valence-corrected chi connectivity index (χ1v) is 6.63. The molecule has 0 spiro atoms. The molecular formula is C13H22F2N2O2. The first-order valence-electron chi connectivity index (χ1n) is 6.63. The summed E-state index contributed by atoms with van der Waals surface area (Å²) in [5.74, 6) is -0.691. The highest BCUT2D eigenvalue weighted by molar-refractivity contribution is 5.97. The van der Waals surface area contributed by atoms with E-state index in [1.807, 2.05) is 13.8 Å². The Hall–Kier alpha value is -1.20. The highest BCUT2D eigenvalue weighted by atomic mass is 19.3. The van der Waals surface area contributed by atoms with Crippen LogP contribution in [0.2, 0.25) is 0 Å².